The molecule has 0 atom stereocenters. The van der Waals surface area contributed by atoms with Crippen LogP contribution in [0.3, 0.4) is 0 Å². The van der Waals surface area contributed by atoms with Gasteiger partial charge in [0, 0.05) is 16.0 Å². The molecule has 7 nitrogen and oxygen atoms in total. The van der Waals surface area contributed by atoms with Crippen LogP contribution in [0, 0.1) is 5.82 Å². The fourth-order valence-electron chi connectivity index (χ4n) is 5.56. The lowest BCUT2D eigenvalue weighted by Crippen LogP contribution is -2.55. The number of amidine groups is 1. The Morgan fingerprint density at radius 2 is 1.88 bits per heavy atom. The quantitative estimate of drug-likeness (QED) is 0.583. The van der Waals surface area contributed by atoms with Crippen molar-refractivity contribution in [3.05, 3.63) is 41.4 Å². The summed E-state index contributed by atoms with van der Waals surface area (Å²) >= 11 is 0. The van der Waals surface area contributed by atoms with Crippen LogP contribution < -0.4 is 10.6 Å². The highest BCUT2D eigenvalue weighted by molar-refractivity contribution is 6.82. The van der Waals surface area contributed by atoms with Crippen LogP contribution in [0.5, 0.6) is 0 Å². The minimum Gasteiger partial charge on any atom is -0.462 e. The molecule has 3 amide bonds. The summed E-state index contributed by atoms with van der Waals surface area (Å²) in [5, 5.41) is 6.30. The third kappa shape index (κ3) is 3.24. The van der Waals surface area contributed by atoms with Gasteiger partial charge in [0.1, 0.15) is 11.5 Å². The van der Waals surface area contributed by atoms with E-state index in [1.165, 1.54) is 12.3 Å². The number of halogens is 1. The zero-order valence-electron chi connectivity index (χ0n) is 20.3. The molecule has 34 heavy (non-hydrogen) atoms. The molecule has 1 aromatic heterocycles. The van der Waals surface area contributed by atoms with Gasteiger partial charge in [0.15, 0.2) is 11.4 Å². The summed E-state index contributed by atoms with van der Waals surface area (Å²) < 4.78 is 20.0. The van der Waals surface area contributed by atoms with E-state index in [-0.39, 0.29) is 16.6 Å². The average Bonchev–Trinajstić information content (AvgIpc) is 3.38. The van der Waals surface area contributed by atoms with Crippen molar-refractivity contribution < 1.29 is 18.4 Å². The van der Waals surface area contributed by atoms with E-state index < -0.39 is 25.5 Å². The number of fused-ring (bicyclic) bond motifs is 1. The number of carbonyl (C=O) groups is 2. The molecule has 1 saturated carbocycles. The number of aliphatic imine (C=N–C) groups is 1. The summed E-state index contributed by atoms with van der Waals surface area (Å²) in [7, 11) is -1.72. The molecule has 0 saturated heterocycles. The smallest absolute Gasteiger partial charge is 0.323 e. The minimum atomic E-state index is -1.72. The highest BCUT2D eigenvalue weighted by Gasteiger charge is 2.54. The van der Waals surface area contributed by atoms with E-state index in [2.05, 4.69) is 35.3 Å². The van der Waals surface area contributed by atoms with Gasteiger partial charge in [-0.15, -0.1) is 0 Å². The Morgan fingerprint density at radius 1 is 1.15 bits per heavy atom. The molecule has 2 N–H and O–H groups in total. The largest absolute Gasteiger partial charge is 0.462 e. The lowest BCUT2D eigenvalue weighted by atomic mass is 9.83. The lowest BCUT2D eigenvalue weighted by Gasteiger charge is -2.49. The number of nitrogens with zero attached hydrogens (tertiary/aromatic N) is 2. The fourth-order valence-corrected chi connectivity index (χ4v) is 8.16. The van der Waals surface area contributed by atoms with Gasteiger partial charge in [-0.05, 0) is 50.5 Å². The van der Waals surface area contributed by atoms with Gasteiger partial charge in [-0.25, -0.2) is 9.18 Å². The van der Waals surface area contributed by atoms with Crippen LogP contribution in [-0.2, 0) is 4.79 Å². The van der Waals surface area contributed by atoms with Gasteiger partial charge in [0.05, 0.1) is 33.0 Å². The number of hydrogen-bond donors (Lipinski definition) is 2. The summed E-state index contributed by atoms with van der Waals surface area (Å²) in [6.07, 6.45) is 4.41. The SMILES string of the molecule is CC1(C)C2=C(CN1C(=O)Nc1c(F)ccc3ccoc13)C(NC(=O)C1([Si](C)(C)C)CCC1)=NC2. The molecule has 3 heterocycles. The number of benzene rings is 1. The van der Waals surface area contributed by atoms with Crippen molar-refractivity contribution in [1.29, 1.82) is 0 Å². The van der Waals surface area contributed by atoms with Gasteiger partial charge in [0.25, 0.3) is 0 Å². The van der Waals surface area contributed by atoms with Crippen molar-refractivity contribution in [2.24, 2.45) is 4.99 Å². The first-order valence-electron chi connectivity index (χ1n) is 11.8. The molecule has 1 aliphatic carbocycles. The van der Waals surface area contributed by atoms with Crippen molar-refractivity contribution in [3.63, 3.8) is 0 Å². The molecule has 2 aromatic rings. The standard InChI is InChI=1S/C25H31FN4O3Si/c1-24(2)17-13-27-21(29-22(31)25(10-6-11-25)34(3,4)5)16(17)14-30(24)23(32)28-19-18(26)8-7-15-9-12-33-20(15)19/h7-9,12H,6,10-11,13-14H2,1-5H3,(H,28,32)(H,27,29,31). The van der Waals surface area contributed by atoms with Crippen LogP contribution in [0.25, 0.3) is 11.0 Å². The van der Waals surface area contributed by atoms with Crippen LogP contribution in [0.2, 0.25) is 24.7 Å². The highest BCUT2D eigenvalue weighted by Crippen LogP contribution is 2.55. The van der Waals surface area contributed by atoms with Crippen LogP contribution >= 0.6 is 0 Å². The third-order valence-electron chi connectivity index (χ3n) is 8.13. The highest BCUT2D eigenvalue weighted by atomic mass is 28.3. The molecule has 2 aliphatic heterocycles. The molecular weight excluding hydrogens is 451 g/mol. The second kappa shape index (κ2) is 7.53. The van der Waals surface area contributed by atoms with Gasteiger partial charge >= 0.3 is 6.03 Å². The van der Waals surface area contributed by atoms with Crippen LogP contribution in [0.1, 0.15) is 33.1 Å². The van der Waals surface area contributed by atoms with E-state index in [4.69, 9.17) is 4.42 Å². The van der Waals surface area contributed by atoms with Crippen molar-refractivity contribution >= 4 is 42.5 Å². The summed E-state index contributed by atoms with van der Waals surface area (Å²) in [5.74, 6) is 0.0878. The van der Waals surface area contributed by atoms with Gasteiger partial charge in [-0.1, -0.05) is 26.1 Å². The number of amides is 3. The molecule has 0 radical (unpaired) electrons. The first kappa shape index (κ1) is 22.8. The van der Waals surface area contributed by atoms with Crippen LogP contribution in [-0.4, -0.2) is 49.4 Å². The summed E-state index contributed by atoms with van der Waals surface area (Å²) in [5.41, 5.74) is 1.59. The first-order valence-corrected chi connectivity index (χ1v) is 15.3. The molecule has 0 bridgehead atoms. The molecule has 3 aliphatic rings. The van der Waals surface area contributed by atoms with E-state index in [1.807, 2.05) is 13.8 Å². The predicted octanol–water partition coefficient (Wildman–Crippen LogP) is 5.29. The molecule has 0 unspecified atom stereocenters. The molecule has 1 aromatic carbocycles. The molecule has 5 rings (SSSR count). The number of rotatable bonds is 3. The molecule has 180 valence electrons. The Bertz CT molecular complexity index is 1270. The normalized spacial score (nSPS) is 20.8. The monoisotopic (exact) mass is 482 g/mol. The van der Waals surface area contributed by atoms with Gasteiger partial charge in [0.2, 0.25) is 5.91 Å². The van der Waals surface area contributed by atoms with E-state index in [0.717, 1.165) is 30.4 Å². The maximum atomic E-state index is 14.6. The van der Waals surface area contributed by atoms with Crippen LogP contribution in [0.15, 0.2) is 45.0 Å². The maximum Gasteiger partial charge on any atom is 0.323 e. The zero-order chi connectivity index (χ0) is 24.5. The fraction of sp³-hybridized carbons (Fsp3) is 0.480. The lowest BCUT2D eigenvalue weighted by molar-refractivity contribution is -0.125. The molecule has 1 fully saturated rings. The maximum absolute atomic E-state index is 14.6. The van der Waals surface area contributed by atoms with E-state index >= 15 is 0 Å². The molecule has 9 heteroatoms. The third-order valence-corrected chi connectivity index (χ3v) is 11.7. The number of carbonyl (C=O) groups excluding carboxylic acids is 2. The van der Waals surface area contributed by atoms with E-state index in [9.17, 15) is 14.0 Å². The topological polar surface area (TPSA) is 86.9 Å². The Balaban J connectivity index is 1.35. The molecule has 0 spiro atoms. The number of anilines is 1. The first-order chi connectivity index (χ1) is 16.0. The minimum absolute atomic E-state index is 0.0274. The summed E-state index contributed by atoms with van der Waals surface area (Å²) in [6, 6.07) is 4.22. The van der Waals surface area contributed by atoms with Crippen molar-refractivity contribution in [2.75, 3.05) is 18.4 Å². The van der Waals surface area contributed by atoms with Crippen molar-refractivity contribution in [2.45, 2.75) is 63.3 Å². The van der Waals surface area contributed by atoms with E-state index in [1.54, 1.807) is 17.0 Å². The molecular formula is C25H31FN4O3Si. The Morgan fingerprint density at radius 3 is 2.53 bits per heavy atom. The average molecular weight is 483 g/mol. The van der Waals surface area contributed by atoms with Gasteiger partial charge in [-0.2, -0.15) is 0 Å². The van der Waals surface area contributed by atoms with Crippen molar-refractivity contribution in [3.8, 4) is 0 Å². The van der Waals surface area contributed by atoms with Gasteiger partial charge in [-0.3, -0.25) is 9.79 Å². The Hall–Kier alpha value is -2.94. The zero-order valence-corrected chi connectivity index (χ0v) is 21.3. The second-order valence-corrected chi connectivity index (χ2v) is 16.6. The Kier molecular flexibility index (Phi) is 5.06. The van der Waals surface area contributed by atoms with Gasteiger partial charge < -0.3 is 20.0 Å². The summed E-state index contributed by atoms with van der Waals surface area (Å²) in [6.45, 7) is 11.4. The van der Waals surface area contributed by atoms with Crippen molar-refractivity contribution in [1.82, 2.24) is 10.2 Å². The number of nitrogens with one attached hydrogen (secondary N) is 2. The number of urea groups is 1. The Labute approximate surface area is 199 Å². The summed E-state index contributed by atoms with van der Waals surface area (Å²) in [4.78, 5) is 33.0. The van der Waals surface area contributed by atoms with Crippen LogP contribution in [0.4, 0.5) is 14.9 Å². The number of furan rings is 1. The predicted molar refractivity (Wildman–Crippen MR) is 133 cm³/mol. The second-order valence-electron chi connectivity index (χ2n) is 11.1. The number of hydrogen-bond acceptors (Lipinski definition) is 4. The van der Waals surface area contributed by atoms with E-state index in [0.29, 0.717) is 29.9 Å².